The van der Waals surface area contributed by atoms with E-state index >= 15 is 0 Å². The molecule has 0 radical (unpaired) electrons. The minimum Gasteiger partial charge on any atom is -0.487 e. The Morgan fingerprint density at radius 1 is 0.971 bits per heavy atom. The van der Waals surface area contributed by atoms with Gasteiger partial charge in [-0.1, -0.05) is 36.2 Å². The Kier molecular flexibility index (Phi) is 7.26. The summed E-state index contributed by atoms with van der Waals surface area (Å²) in [5, 5.41) is 1.72. The zero-order valence-corrected chi connectivity index (χ0v) is 20.9. The van der Waals surface area contributed by atoms with Crippen molar-refractivity contribution in [3.63, 3.8) is 0 Å². The van der Waals surface area contributed by atoms with Gasteiger partial charge in [-0.15, -0.1) is 0 Å². The molecular weight excluding hydrogens is 444 g/mol. The molecule has 1 saturated carbocycles. The van der Waals surface area contributed by atoms with E-state index in [-0.39, 0.29) is 5.78 Å². The van der Waals surface area contributed by atoms with E-state index in [1.807, 2.05) is 43.4 Å². The first-order chi connectivity index (χ1) is 16.6. The van der Waals surface area contributed by atoms with Crippen LogP contribution in [0.3, 0.4) is 0 Å². The zero-order valence-electron chi connectivity index (χ0n) is 20.1. The number of carbonyl (C=O) groups is 1. The number of aryl methyl sites for hydroxylation is 1. The number of likely N-dealkylation sites (tertiary alicyclic amines) is 1. The third-order valence-electron chi connectivity index (χ3n) is 7.89. The van der Waals surface area contributed by atoms with Gasteiger partial charge in [0.15, 0.2) is 5.78 Å². The molecule has 180 valence electrons. The monoisotopic (exact) mass is 478 g/mol. The number of benzene rings is 2. The highest BCUT2D eigenvalue weighted by Gasteiger charge is 2.29. The van der Waals surface area contributed by atoms with Crippen molar-refractivity contribution >= 4 is 28.3 Å². The van der Waals surface area contributed by atoms with Gasteiger partial charge in [-0.2, -0.15) is 0 Å². The molecule has 0 bridgehead atoms. The van der Waals surface area contributed by atoms with Crippen LogP contribution in [-0.2, 0) is 13.7 Å². The molecule has 0 amide bonds. The summed E-state index contributed by atoms with van der Waals surface area (Å²) in [6.45, 7) is 2.89. The average molecular weight is 479 g/mol. The fraction of sp³-hybridized carbons (Fsp3) is 0.483. The van der Waals surface area contributed by atoms with E-state index in [1.54, 1.807) is 0 Å². The molecular formula is C29H35ClN2O2. The second kappa shape index (κ2) is 10.5. The number of piperidine rings is 1. The Hall–Kier alpha value is -2.30. The zero-order chi connectivity index (χ0) is 23.5. The molecule has 5 heteroatoms. The van der Waals surface area contributed by atoms with Crippen molar-refractivity contribution in [1.82, 2.24) is 9.47 Å². The Labute approximate surface area is 207 Å². The van der Waals surface area contributed by atoms with Crippen molar-refractivity contribution < 1.29 is 9.53 Å². The van der Waals surface area contributed by atoms with Crippen molar-refractivity contribution in [2.45, 2.75) is 64.0 Å². The summed E-state index contributed by atoms with van der Waals surface area (Å²) in [5.74, 6) is 1.49. The van der Waals surface area contributed by atoms with E-state index in [0.717, 1.165) is 46.8 Å². The first-order valence-corrected chi connectivity index (χ1v) is 13.2. The molecule has 0 spiro atoms. The van der Waals surface area contributed by atoms with E-state index in [4.69, 9.17) is 16.3 Å². The van der Waals surface area contributed by atoms with Crippen LogP contribution in [0, 0.1) is 5.92 Å². The van der Waals surface area contributed by atoms with Crippen LogP contribution in [-0.4, -0.2) is 34.4 Å². The number of halogens is 1. The predicted octanol–water partition coefficient (Wildman–Crippen LogP) is 7.03. The van der Waals surface area contributed by atoms with Gasteiger partial charge in [0.1, 0.15) is 12.4 Å². The van der Waals surface area contributed by atoms with Gasteiger partial charge in [0.2, 0.25) is 0 Å². The molecule has 5 rings (SSSR count). The van der Waals surface area contributed by atoms with Crippen LogP contribution in [0.4, 0.5) is 0 Å². The number of ketones is 1. The van der Waals surface area contributed by atoms with Crippen molar-refractivity contribution in [3.05, 3.63) is 64.8 Å². The van der Waals surface area contributed by atoms with Crippen molar-refractivity contribution in [2.24, 2.45) is 13.0 Å². The number of rotatable bonds is 7. The molecule has 0 N–H and O–H groups in total. The van der Waals surface area contributed by atoms with E-state index in [1.165, 1.54) is 45.2 Å². The third kappa shape index (κ3) is 5.04. The lowest BCUT2D eigenvalue weighted by Gasteiger charge is -2.38. The van der Waals surface area contributed by atoms with Crippen LogP contribution in [0.2, 0.25) is 5.02 Å². The number of hydrogen-bond acceptors (Lipinski definition) is 3. The fourth-order valence-electron chi connectivity index (χ4n) is 5.97. The number of nitrogens with zero attached hydrogens (tertiary/aromatic N) is 2. The number of hydrogen-bond donors (Lipinski definition) is 0. The van der Waals surface area contributed by atoms with Gasteiger partial charge < -0.3 is 14.2 Å². The Morgan fingerprint density at radius 3 is 2.41 bits per heavy atom. The number of Topliss-reactive ketones (excluding diaryl/α,β-unsaturated/α-hetero) is 1. The molecule has 2 aromatic carbocycles. The Balaban J connectivity index is 1.30. The van der Waals surface area contributed by atoms with Crippen LogP contribution in [0.5, 0.6) is 5.75 Å². The van der Waals surface area contributed by atoms with Gasteiger partial charge in [0.05, 0.1) is 5.69 Å². The molecule has 2 aliphatic rings. The first kappa shape index (κ1) is 23.4. The molecule has 1 saturated heterocycles. The molecule has 2 heterocycles. The second-order valence-electron chi connectivity index (χ2n) is 10.0. The van der Waals surface area contributed by atoms with Gasteiger partial charge in [-0.05, 0) is 87.9 Å². The maximum absolute atomic E-state index is 13.7. The lowest BCUT2D eigenvalue weighted by Crippen LogP contribution is -2.41. The van der Waals surface area contributed by atoms with Crippen LogP contribution >= 0.6 is 11.6 Å². The van der Waals surface area contributed by atoms with Gasteiger partial charge in [-0.25, -0.2) is 0 Å². The summed E-state index contributed by atoms with van der Waals surface area (Å²) in [4.78, 5) is 16.4. The molecule has 3 aromatic rings. The summed E-state index contributed by atoms with van der Waals surface area (Å²) >= 11 is 6.01. The summed E-state index contributed by atoms with van der Waals surface area (Å²) in [6, 6.07) is 16.3. The molecule has 1 aliphatic heterocycles. The minimum absolute atomic E-state index is 0.257. The molecule has 0 unspecified atom stereocenters. The maximum atomic E-state index is 13.7. The van der Waals surface area contributed by atoms with Crippen molar-refractivity contribution in [1.29, 1.82) is 0 Å². The molecule has 0 atom stereocenters. The van der Waals surface area contributed by atoms with Crippen molar-refractivity contribution in [3.8, 4) is 5.75 Å². The normalized spacial score (nSPS) is 21.6. The van der Waals surface area contributed by atoms with E-state index < -0.39 is 0 Å². The predicted molar refractivity (Wildman–Crippen MR) is 139 cm³/mol. The van der Waals surface area contributed by atoms with Gasteiger partial charge in [0, 0.05) is 41.0 Å². The summed E-state index contributed by atoms with van der Waals surface area (Å²) in [7, 11) is 2.03. The summed E-state index contributed by atoms with van der Waals surface area (Å²) < 4.78 is 8.20. The number of ether oxygens (including phenoxy) is 1. The van der Waals surface area contributed by atoms with E-state index in [2.05, 4.69) is 21.6 Å². The van der Waals surface area contributed by atoms with Crippen LogP contribution < -0.4 is 4.74 Å². The van der Waals surface area contributed by atoms with Crippen LogP contribution in [0.15, 0.2) is 48.5 Å². The highest BCUT2D eigenvalue weighted by Crippen LogP contribution is 2.34. The minimum atomic E-state index is 0.257. The van der Waals surface area contributed by atoms with Crippen LogP contribution in [0.1, 0.15) is 67.4 Å². The van der Waals surface area contributed by atoms with Gasteiger partial charge in [-0.3, -0.25) is 4.79 Å². The molecule has 2 fully saturated rings. The average Bonchev–Trinajstić information content (AvgIpc) is 3.16. The van der Waals surface area contributed by atoms with Gasteiger partial charge in [0.25, 0.3) is 0 Å². The number of carbonyl (C=O) groups excluding carboxylic acids is 1. The highest BCUT2D eigenvalue weighted by molar-refractivity contribution is 6.30. The highest BCUT2D eigenvalue weighted by atomic mass is 35.5. The fourth-order valence-corrected chi connectivity index (χ4v) is 6.10. The Bertz CT molecular complexity index is 1120. The van der Waals surface area contributed by atoms with Crippen molar-refractivity contribution in [2.75, 3.05) is 13.1 Å². The lowest BCUT2D eigenvalue weighted by atomic mass is 9.81. The molecule has 34 heavy (non-hydrogen) atoms. The number of fused-ring (bicyclic) bond motifs is 1. The van der Waals surface area contributed by atoms with Gasteiger partial charge >= 0.3 is 0 Å². The maximum Gasteiger partial charge on any atom is 0.165 e. The SMILES string of the molecule is Cn1c(COc2ccc(Cl)cc2)c(C(=O)CC2CCC(N3CCCCC3)CC2)c2ccccc21. The van der Waals surface area contributed by atoms with Crippen LogP contribution in [0.25, 0.3) is 10.9 Å². The second-order valence-corrected chi connectivity index (χ2v) is 10.5. The summed E-state index contributed by atoms with van der Waals surface area (Å²) in [5.41, 5.74) is 2.86. The molecule has 4 nitrogen and oxygen atoms in total. The van der Waals surface area contributed by atoms with E-state index in [9.17, 15) is 4.79 Å². The molecule has 1 aromatic heterocycles. The smallest absolute Gasteiger partial charge is 0.165 e. The Morgan fingerprint density at radius 2 is 1.68 bits per heavy atom. The topological polar surface area (TPSA) is 34.5 Å². The quantitative estimate of drug-likeness (QED) is 0.342. The standard InChI is InChI=1S/C29H35ClN2O2/c1-31-26-8-4-3-7-25(26)29(27(31)20-34-24-15-11-22(30)12-16-24)28(33)19-21-9-13-23(14-10-21)32-17-5-2-6-18-32/h3-4,7-8,11-12,15-16,21,23H,2,5-6,9-10,13-14,17-20H2,1H3. The lowest BCUT2D eigenvalue weighted by molar-refractivity contribution is 0.0890. The molecule has 1 aliphatic carbocycles. The number of para-hydroxylation sites is 1. The summed E-state index contributed by atoms with van der Waals surface area (Å²) in [6.07, 6.45) is 9.51. The first-order valence-electron chi connectivity index (χ1n) is 12.8. The third-order valence-corrected chi connectivity index (χ3v) is 8.15. The largest absolute Gasteiger partial charge is 0.487 e. The number of aromatic nitrogens is 1. The van der Waals surface area contributed by atoms with E-state index in [0.29, 0.717) is 24.0 Å².